The maximum atomic E-state index is 13.5. The Hall–Kier alpha value is -2.70. The van der Waals surface area contributed by atoms with Gasteiger partial charge < -0.3 is 10.2 Å². The van der Waals surface area contributed by atoms with Gasteiger partial charge in [0.1, 0.15) is 5.82 Å². The molecule has 2 heterocycles. The zero-order chi connectivity index (χ0) is 19.0. The lowest BCUT2D eigenvalue weighted by atomic mass is 9.81. The molecule has 2 amide bonds. The van der Waals surface area contributed by atoms with Gasteiger partial charge in [-0.15, -0.1) is 0 Å². The highest BCUT2D eigenvalue weighted by atomic mass is 19.1. The predicted octanol–water partition coefficient (Wildman–Crippen LogP) is 1.96. The van der Waals surface area contributed by atoms with Gasteiger partial charge in [-0.3, -0.25) is 14.3 Å². The largest absolute Gasteiger partial charge is 0.354 e. The Morgan fingerprint density at radius 1 is 1.33 bits per heavy atom. The van der Waals surface area contributed by atoms with Crippen LogP contribution in [0.3, 0.4) is 0 Å². The molecule has 1 aromatic heterocycles. The quantitative estimate of drug-likeness (QED) is 0.895. The second-order valence-electron chi connectivity index (χ2n) is 7.41. The fourth-order valence-electron chi connectivity index (χ4n) is 4.23. The van der Waals surface area contributed by atoms with Crippen LogP contribution < -0.4 is 5.32 Å². The van der Waals surface area contributed by atoms with E-state index < -0.39 is 5.82 Å². The normalized spacial score (nSPS) is 20.9. The molecule has 1 fully saturated rings. The summed E-state index contributed by atoms with van der Waals surface area (Å²) in [6.07, 6.45) is 4.05. The molecule has 6 nitrogen and oxygen atoms in total. The number of halogens is 1. The van der Waals surface area contributed by atoms with E-state index in [4.69, 9.17) is 5.10 Å². The number of aromatic nitrogens is 2. The minimum Gasteiger partial charge on any atom is -0.354 e. The molecule has 1 aromatic carbocycles. The van der Waals surface area contributed by atoms with Crippen molar-refractivity contribution in [1.82, 2.24) is 20.0 Å². The molecule has 142 valence electrons. The van der Waals surface area contributed by atoms with E-state index in [0.29, 0.717) is 37.7 Å². The van der Waals surface area contributed by atoms with Crippen molar-refractivity contribution in [3.8, 4) is 0 Å². The SMILES string of the molecule is CC(=O)NCCn1cc2c(n1)[C@H]1CN(C(=O)c3cccc(F)c3)C[C@H]1CC2. The third-order valence-corrected chi connectivity index (χ3v) is 5.52. The van der Waals surface area contributed by atoms with Crippen LogP contribution in [0.2, 0.25) is 0 Å². The van der Waals surface area contributed by atoms with Gasteiger partial charge >= 0.3 is 0 Å². The molecule has 2 aromatic rings. The first-order valence-electron chi connectivity index (χ1n) is 9.37. The molecule has 0 radical (unpaired) electrons. The standard InChI is InChI=1S/C20H23FN4O2/c1-13(26)22-7-8-25-11-16-6-5-15-10-24(12-18(15)19(16)23-25)20(27)14-3-2-4-17(21)9-14/h2-4,9,11,15,18H,5-8,10,12H2,1H3,(H,22,26)/t15-,18+/m1/s1. The number of hydrogen-bond donors (Lipinski definition) is 1. The van der Waals surface area contributed by atoms with Crippen LogP contribution in [0.15, 0.2) is 30.5 Å². The van der Waals surface area contributed by atoms with Crippen LogP contribution in [-0.4, -0.2) is 46.1 Å². The van der Waals surface area contributed by atoms with Crippen LogP contribution in [-0.2, 0) is 17.8 Å². The van der Waals surface area contributed by atoms with E-state index in [1.807, 2.05) is 9.58 Å². The summed E-state index contributed by atoms with van der Waals surface area (Å²) >= 11 is 0. The number of hydrogen-bond acceptors (Lipinski definition) is 3. The molecule has 0 unspecified atom stereocenters. The van der Waals surface area contributed by atoms with Crippen molar-refractivity contribution in [2.45, 2.75) is 32.2 Å². The van der Waals surface area contributed by atoms with E-state index in [1.165, 1.54) is 24.6 Å². The summed E-state index contributed by atoms with van der Waals surface area (Å²) < 4.78 is 15.3. The molecule has 1 N–H and O–H groups in total. The number of carbonyl (C=O) groups excluding carboxylic acids is 2. The maximum Gasteiger partial charge on any atom is 0.253 e. The minimum absolute atomic E-state index is 0.0470. The Kier molecular flexibility index (Phi) is 4.68. The van der Waals surface area contributed by atoms with Gasteiger partial charge in [-0.2, -0.15) is 5.10 Å². The zero-order valence-corrected chi connectivity index (χ0v) is 15.3. The fraction of sp³-hybridized carbons (Fsp3) is 0.450. The summed E-state index contributed by atoms with van der Waals surface area (Å²) in [5, 5.41) is 7.52. The van der Waals surface area contributed by atoms with Gasteiger partial charge in [0, 0.05) is 44.2 Å². The van der Waals surface area contributed by atoms with Gasteiger partial charge in [-0.25, -0.2) is 4.39 Å². The smallest absolute Gasteiger partial charge is 0.253 e. The van der Waals surface area contributed by atoms with Crippen molar-refractivity contribution in [3.05, 3.63) is 53.1 Å². The van der Waals surface area contributed by atoms with Gasteiger partial charge in [-0.1, -0.05) is 6.07 Å². The molecule has 7 heteroatoms. The summed E-state index contributed by atoms with van der Waals surface area (Å²) in [4.78, 5) is 25.6. The van der Waals surface area contributed by atoms with Gasteiger partial charge in [0.25, 0.3) is 5.91 Å². The number of nitrogens with zero attached hydrogens (tertiary/aromatic N) is 3. The van der Waals surface area contributed by atoms with Gasteiger partial charge in [-0.05, 0) is 42.5 Å². The number of aryl methyl sites for hydroxylation is 1. The van der Waals surface area contributed by atoms with Crippen molar-refractivity contribution < 1.29 is 14.0 Å². The highest BCUT2D eigenvalue weighted by molar-refractivity contribution is 5.94. The highest BCUT2D eigenvalue weighted by Gasteiger charge is 2.41. The van der Waals surface area contributed by atoms with Gasteiger partial charge in [0.15, 0.2) is 0 Å². The first-order chi connectivity index (χ1) is 13.0. The fourth-order valence-corrected chi connectivity index (χ4v) is 4.23. The van der Waals surface area contributed by atoms with Crippen LogP contribution in [0.1, 0.15) is 40.9 Å². The lowest BCUT2D eigenvalue weighted by Crippen LogP contribution is -2.29. The second-order valence-corrected chi connectivity index (χ2v) is 7.41. The van der Waals surface area contributed by atoms with Crippen molar-refractivity contribution in [1.29, 1.82) is 0 Å². The van der Waals surface area contributed by atoms with Crippen LogP contribution >= 0.6 is 0 Å². The van der Waals surface area contributed by atoms with Crippen LogP contribution in [0.25, 0.3) is 0 Å². The van der Waals surface area contributed by atoms with E-state index in [2.05, 4.69) is 11.5 Å². The summed E-state index contributed by atoms with van der Waals surface area (Å²) in [5.74, 6) is 0.0736. The van der Waals surface area contributed by atoms with Crippen molar-refractivity contribution in [3.63, 3.8) is 0 Å². The lowest BCUT2D eigenvalue weighted by Gasteiger charge is -2.22. The average Bonchev–Trinajstić information content (AvgIpc) is 3.24. The van der Waals surface area contributed by atoms with Crippen molar-refractivity contribution in [2.24, 2.45) is 5.92 Å². The minimum atomic E-state index is -0.391. The van der Waals surface area contributed by atoms with Gasteiger partial charge in [0.2, 0.25) is 5.91 Å². The van der Waals surface area contributed by atoms with E-state index in [1.54, 1.807) is 12.1 Å². The third kappa shape index (κ3) is 3.59. The van der Waals surface area contributed by atoms with Crippen LogP contribution in [0.5, 0.6) is 0 Å². The van der Waals surface area contributed by atoms with E-state index in [0.717, 1.165) is 18.5 Å². The average molecular weight is 370 g/mol. The van der Waals surface area contributed by atoms with Crippen molar-refractivity contribution >= 4 is 11.8 Å². The van der Waals surface area contributed by atoms with E-state index >= 15 is 0 Å². The Morgan fingerprint density at radius 2 is 2.19 bits per heavy atom. The first-order valence-corrected chi connectivity index (χ1v) is 9.37. The van der Waals surface area contributed by atoms with E-state index in [9.17, 15) is 14.0 Å². The number of amides is 2. The molecular formula is C20H23FN4O2. The molecule has 1 aliphatic heterocycles. The van der Waals surface area contributed by atoms with E-state index in [-0.39, 0.29) is 17.7 Å². The predicted molar refractivity (Wildman–Crippen MR) is 97.8 cm³/mol. The number of benzene rings is 1. The zero-order valence-electron chi connectivity index (χ0n) is 15.3. The van der Waals surface area contributed by atoms with Crippen molar-refractivity contribution in [2.75, 3.05) is 19.6 Å². The Labute approximate surface area is 157 Å². The van der Waals surface area contributed by atoms with Crippen LogP contribution in [0.4, 0.5) is 4.39 Å². The monoisotopic (exact) mass is 370 g/mol. The highest BCUT2D eigenvalue weighted by Crippen LogP contribution is 2.41. The molecule has 1 aliphatic carbocycles. The molecule has 2 aliphatic rings. The number of likely N-dealkylation sites (tertiary alicyclic amines) is 1. The molecule has 2 atom stereocenters. The molecule has 0 spiro atoms. The number of rotatable bonds is 4. The topological polar surface area (TPSA) is 67.2 Å². The second kappa shape index (κ2) is 7.13. The maximum absolute atomic E-state index is 13.5. The number of nitrogens with one attached hydrogen (secondary N) is 1. The third-order valence-electron chi connectivity index (χ3n) is 5.52. The molecule has 1 saturated heterocycles. The molecular weight excluding hydrogens is 347 g/mol. The van der Waals surface area contributed by atoms with Gasteiger partial charge in [0.05, 0.1) is 12.2 Å². The Balaban J connectivity index is 1.47. The molecule has 4 rings (SSSR count). The Bertz CT molecular complexity index is 879. The molecule has 27 heavy (non-hydrogen) atoms. The van der Waals surface area contributed by atoms with Crippen LogP contribution in [0, 0.1) is 11.7 Å². The summed E-state index contributed by atoms with van der Waals surface area (Å²) in [6, 6.07) is 5.88. The summed E-state index contributed by atoms with van der Waals surface area (Å²) in [7, 11) is 0. The molecule has 0 bridgehead atoms. The first kappa shape index (κ1) is 17.7. The number of fused-ring (bicyclic) bond motifs is 3. The summed E-state index contributed by atoms with van der Waals surface area (Å²) in [5.41, 5.74) is 2.71. The molecule has 0 saturated carbocycles. The Morgan fingerprint density at radius 3 is 2.96 bits per heavy atom. The lowest BCUT2D eigenvalue weighted by molar-refractivity contribution is -0.118. The summed E-state index contributed by atoms with van der Waals surface area (Å²) in [6.45, 7) is 4.00. The number of carbonyl (C=O) groups is 2.